The SMILES string of the molecule is COc1ccc(CCN2CCC([N+]3(Cc4ccc(F)cc4)C(CO)=Nc4ncccc43)CC2)cc1. The van der Waals surface area contributed by atoms with Gasteiger partial charge in [0.15, 0.2) is 5.69 Å². The summed E-state index contributed by atoms with van der Waals surface area (Å²) in [4.78, 5) is 11.8. The zero-order valence-corrected chi connectivity index (χ0v) is 20.1. The molecule has 1 aromatic heterocycles. The molecule has 35 heavy (non-hydrogen) atoms. The highest BCUT2D eigenvalue weighted by Crippen LogP contribution is 2.44. The summed E-state index contributed by atoms with van der Waals surface area (Å²) in [5.41, 5.74) is 3.35. The topological polar surface area (TPSA) is 58.0 Å². The van der Waals surface area contributed by atoms with Crippen LogP contribution in [-0.4, -0.2) is 60.2 Å². The zero-order valence-electron chi connectivity index (χ0n) is 20.1. The van der Waals surface area contributed by atoms with Gasteiger partial charge in [0, 0.05) is 50.3 Å². The van der Waals surface area contributed by atoms with E-state index >= 15 is 0 Å². The molecule has 0 bridgehead atoms. The highest BCUT2D eigenvalue weighted by Gasteiger charge is 2.50. The van der Waals surface area contributed by atoms with Crippen LogP contribution in [0, 0.1) is 5.82 Å². The van der Waals surface area contributed by atoms with Gasteiger partial charge in [-0.2, -0.15) is 4.99 Å². The van der Waals surface area contributed by atoms with Gasteiger partial charge < -0.3 is 14.7 Å². The summed E-state index contributed by atoms with van der Waals surface area (Å²) in [6.45, 7) is 3.47. The minimum absolute atomic E-state index is 0.130. The van der Waals surface area contributed by atoms with Gasteiger partial charge in [0.25, 0.3) is 0 Å². The van der Waals surface area contributed by atoms with E-state index < -0.39 is 0 Å². The molecule has 0 spiro atoms. The Balaban J connectivity index is 1.34. The van der Waals surface area contributed by atoms with E-state index in [0.29, 0.717) is 16.8 Å². The van der Waals surface area contributed by atoms with Crippen LogP contribution in [0.15, 0.2) is 71.9 Å². The average Bonchev–Trinajstić information content (AvgIpc) is 3.23. The molecule has 1 atom stereocenters. The molecule has 3 aromatic rings. The monoisotopic (exact) mass is 475 g/mol. The number of hydrogen-bond acceptors (Lipinski definition) is 5. The molecule has 1 fully saturated rings. The molecule has 2 aromatic carbocycles. The van der Waals surface area contributed by atoms with E-state index in [1.165, 1.54) is 17.7 Å². The van der Waals surface area contributed by atoms with Crippen LogP contribution in [0.3, 0.4) is 0 Å². The van der Waals surface area contributed by atoms with Crippen molar-refractivity contribution in [2.24, 2.45) is 4.99 Å². The maximum atomic E-state index is 13.6. The van der Waals surface area contributed by atoms with Crippen LogP contribution in [0.5, 0.6) is 5.75 Å². The van der Waals surface area contributed by atoms with Crippen LogP contribution < -0.4 is 9.22 Å². The summed E-state index contributed by atoms with van der Waals surface area (Å²) >= 11 is 0. The van der Waals surface area contributed by atoms with Gasteiger partial charge in [-0.05, 0) is 42.3 Å². The number of amidine groups is 1. The molecular formula is C28H32FN4O2+. The van der Waals surface area contributed by atoms with Crippen LogP contribution in [0.1, 0.15) is 24.0 Å². The highest BCUT2D eigenvalue weighted by molar-refractivity contribution is 6.02. The molecule has 6 nitrogen and oxygen atoms in total. The number of likely N-dealkylation sites (tertiary alicyclic amines) is 1. The molecule has 5 rings (SSSR count). The van der Waals surface area contributed by atoms with Crippen molar-refractivity contribution in [1.82, 2.24) is 14.4 Å². The second-order valence-corrected chi connectivity index (χ2v) is 9.36. The highest BCUT2D eigenvalue weighted by atomic mass is 19.1. The number of halogens is 1. The van der Waals surface area contributed by atoms with E-state index in [9.17, 15) is 9.50 Å². The number of fused-ring (bicyclic) bond motifs is 1. The third-order valence-corrected chi connectivity index (χ3v) is 7.43. The lowest BCUT2D eigenvalue weighted by Gasteiger charge is -2.45. The van der Waals surface area contributed by atoms with E-state index in [4.69, 9.17) is 9.73 Å². The molecule has 1 N–H and O–H groups in total. The van der Waals surface area contributed by atoms with Crippen LogP contribution in [0.25, 0.3) is 0 Å². The second kappa shape index (κ2) is 10.2. The van der Waals surface area contributed by atoms with Crippen molar-refractivity contribution in [2.75, 3.05) is 33.4 Å². The Hall–Kier alpha value is -3.13. The van der Waals surface area contributed by atoms with E-state index in [1.807, 2.05) is 30.3 Å². The third-order valence-electron chi connectivity index (χ3n) is 7.43. The number of aliphatic imine (C=N–C) groups is 1. The smallest absolute Gasteiger partial charge is 0.236 e. The van der Waals surface area contributed by atoms with Gasteiger partial charge in [-0.1, -0.05) is 24.3 Å². The summed E-state index contributed by atoms with van der Waals surface area (Å²) in [6, 6.07) is 19.2. The zero-order chi connectivity index (χ0) is 24.3. The third kappa shape index (κ3) is 4.72. The summed E-state index contributed by atoms with van der Waals surface area (Å²) in [6.07, 6.45) is 4.71. The average molecular weight is 476 g/mol. The predicted molar refractivity (Wildman–Crippen MR) is 136 cm³/mol. The molecule has 182 valence electrons. The van der Waals surface area contributed by atoms with Crippen molar-refractivity contribution >= 4 is 17.3 Å². The number of aromatic nitrogens is 1. The lowest BCUT2D eigenvalue weighted by molar-refractivity contribution is 0.149. The van der Waals surface area contributed by atoms with Crippen molar-refractivity contribution in [2.45, 2.75) is 31.8 Å². The van der Waals surface area contributed by atoms with Gasteiger partial charge in [-0.15, -0.1) is 0 Å². The number of rotatable bonds is 8. The van der Waals surface area contributed by atoms with Crippen molar-refractivity contribution < 1.29 is 14.2 Å². The summed E-state index contributed by atoms with van der Waals surface area (Å²) in [7, 11) is 1.69. The summed E-state index contributed by atoms with van der Waals surface area (Å²) in [5, 5.41) is 10.4. The van der Waals surface area contributed by atoms with Crippen LogP contribution in [0.4, 0.5) is 15.9 Å². The number of piperidine rings is 1. The maximum Gasteiger partial charge on any atom is 0.236 e. The van der Waals surface area contributed by atoms with Crippen molar-refractivity contribution in [3.8, 4) is 5.75 Å². The lowest BCUT2D eigenvalue weighted by Crippen LogP contribution is -2.62. The molecule has 0 amide bonds. The van der Waals surface area contributed by atoms with E-state index in [0.717, 1.165) is 61.7 Å². The Bertz CT molecular complexity index is 1170. The molecular weight excluding hydrogens is 443 g/mol. The second-order valence-electron chi connectivity index (χ2n) is 9.36. The number of benzene rings is 2. The van der Waals surface area contributed by atoms with Gasteiger partial charge in [0.1, 0.15) is 30.8 Å². The van der Waals surface area contributed by atoms with Gasteiger partial charge in [0.2, 0.25) is 11.7 Å². The number of aliphatic hydroxyl groups excluding tert-OH is 1. The summed E-state index contributed by atoms with van der Waals surface area (Å²) in [5.74, 6) is 2.04. The van der Waals surface area contributed by atoms with Crippen LogP contribution >= 0.6 is 0 Å². The minimum atomic E-state index is -0.245. The Morgan fingerprint density at radius 3 is 2.43 bits per heavy atom. The first-order valence-corrected chi connectivity index (χ1v) is 12.2. The molecule has 7 heteroatoms. The van der Waals surface area contributed by atoms with E-state index in [-0.39, 0.29) is 18.5 Å². The molecule has 1 saturated heterocycles. The minimum Gasteiger partial charge on any atom is -0.497 e. The number of quaternary nitrogens is 1. The predicted octanol–water partition coefficient (Wildman–Crippen LogP) is 4.48. The molecule has 0 saturated carbocycles. The van der Waals surface area contributed by atoms with Gasteiger partial charge in [-0.3, -0.25) is 0 Å². The fourth-order valence-corrected chi connectivity index (χ4v) is 5.55. The van der Waals surface area contributed by atoms with Crippen molar-refractivity contribution in [3.05, 3.63) is 83.8 Å². The fraction of sp³-hybridized carbons (Fsp3) is 0.357. The maximum absolute atomic E-state index is 13.6. The molecule has 3 heterocycles. The first kappa shape index (κ1) is 23.6. The first-order chi connectivity index (χ1) is 17.1. The number of aliphatic hydroxyl groups is 1. The molecule has 0 radical (unpaired) electrons. The number of pyridine rings is 1. The van der Waals surface area contributed by atoms with Gasteiger partial charge in [-0.25, -0.2) is 13.9 Å². The van der Waals surface area contributed by atoms with Gasteiger partial charge >= 0.3 is 0 Å². The summed E-state index contributed by atoms with van der Waals surface area (Å²) < 4.78 is 19.3. The first-order valence-electron chi connectivity index (χ1n) is 12.2. The standard InChI is InChI=1S/C28H32FN4O2/c1-35-25-10-6-21(7-11-25)12-16-32-17-13-24(14-18-32)33(19-22-4-8-23(29)9-5-22)26-3-2-15-30-28(26)31-27(33)20-34/h2-11,15,24,34H,12-14,16-20H2,1H3/q+1. The Morgan fingerprint density at radius 1 is 1.03 bits per heavy atom. The Morgan fingerprint density at radius 2 is 1.74 bits per heavy atom. The van der Waals surface area contributed by atoms with Crippen molar-refractivity contribution in [1.29, 1.82) is 0 Å². The molecule has 1 unspecified atom stereocenters. The normalized spacial score (nSPS) is 20.5. The number of nitrogens with zero attached hydrogens (tertiary/aromatic N) is 4. The van der Waals surface area contributed by atoms with Gasteiger partial charge in [0.05, 0.1) is 7.11 Å². The molecule has 2 aliphatic heterocycles. The Kier molecular flexibility index (Phi) is 6.90. The fourth-order valence-electron chi connectivity index (χ4n) is 5.55. The van der Waals surface area contributed by atoms with Crippen LogP contribution in [0.2, 0.25) is 0 Å². The van der Waals surface area contributed by atoms with Crippen molar-refractivity contribution in [3.63, 3.8) is 0 Å². The van der Waals surface area contributed by atoms with E-state index in [1.54, 1.807) is 13.3 Å². The largest absolute Gasteiger partial charge is 0.497 e. The lowest BCUT2D eigenvalue weighted by atomic mass is 9.96. The quantitative estimate of drug-likeness (QED) is 0.488. The Labute approximate surface area is 205 Å². The molecule has 0 aliphatic carbocycles. The number of hydrogen-bond donors (Lipinski definition) is 1. The number of ether oxygens (including phenoxy) is 1. The van der Waals surface area contributed by atoms with Crippen LogP contribution in [-0.2, 0) is 13.0 Å². The number of methoxy groups -OCH3 is 1. The molecule has 2 aliphatic rings. The van der Waals surface area contributed by atoms with E-state index in [2.05, 4.69) is 28.1 Å².